The first-order chi connectivity index (χ1) is 11.1. The lowest BCUT2D eigenvalue weighted by Crippen LogP contribution is -2.39. The zero-order chi connectivity index (χ0) is 16.2. The van der Waals surface area contributed by atoms with Gasteiger partial charge in [0.1, 0.15) is 0 Å². The number of rotatable bonds is 4. The van der Waals surface area contributed by atoms with Crippen LogP contribution in [-0.4, -0.2) is 28.8 Å². The number of non-ortho nitro benzene ring substituents is 1. The lowest BCUT2D eigenvalue weighted by atomic mass is 10.00. The summed E-state index contributed by atoms with van der Waals surface area (Å²) in [6.45, 7) is 1.45. The van der Waals surface area contributed by atoms with Gasteiger partial charge < -0.3 is 10.2 Å². The van der Waals surface area contributed by atoms with Crippen molar-refractivity contribution >= 4 is 17.3 Å². The van der Waals surface area contributed by atoms with E-state index in [9.17, 15) is 14.9 Å². The molecular weight excluding hydrogens is 294 g/mol. The molecule has 1 aliphatic heterocycles. The molecule has 23 heavy (non-hydrogen) atoms. The number of carbonyl (C=O) groups is 1. The van der Waals surface area contributed by atoms with E-state index >= 15 is 0 Å². The summed E-state index contributed by atoms with van der Waals surface area (Å²) >= 11 is 0. The van der Waals surface area contributed by atoms with Crippen LogP contribution in [0.5, 0.6) is 0 Å². The molecule has 0 bridgehead atoms. The Bertz CT molecular complexity index is 745. The van der Waals surface area contributed by atoms with Crippen molar-refractivity contribution in [2.24, 2.45) is 0 Å². The van der Waals surface area contributed by atoms with Crippen molar-refractivity contribution in [3.05, 3.63) is 69.8 Å². The van der Waals surface area contributed by atoms with E-state index in [4.69, 9.17) is 0 Å². The Morgan fingerprint density at radius 1 is 1.17 bits per heavy atom. The third kappa shape index (κ3) is 3.48. The number of nitrogens with zero attached hydrogens (tertiary/aromatic N) is 2. The van der Waals surface area contributed by atoms with Gasteiger partial charge in [-0.25, -0.2) is 0 Å². The van der Waals surface area contributed by atoms with Gasteiger partial charge in [-0.2, -0.15) is 0 Å². The molecule has 6 heteroatoms. The van der Waals surface area contributed by atoms with E-state index in [0.717, 1.165) is 6.42 Å². The van der Waals surface area contributed by atoms with E-state index in [0.29, 0.717) is 18.8 Å². The molecule has 0 fully saturated rings. The highest BCUT2D eigenvalue weighted by Crippen LogP contribution is 2.19. The maximum absolute atomic E-state index is 12.3. The van der Waals surface area contributed by atoms with Crippen molar-refractivity contribution in [2.45, 2.75) is 13.0 Å². The molecule has 0 spiro atoms. The Balaban J connectivity index is 1.60. The molecule has 1 amide bonds. The molecule has 0 saturated carbocycles. The molecule has 0 radical (unpaired) electrons. The number of anilines is 1. The number of benzene rings is 2. The van der Waals surface area contributed by atoms with E-state index in [-0.39, 0.29) is 18.1 Å². The van der Waals surface area contributed by atoms with Crippen LogP contribution in [0.2, 0.25) is 0 Å². The molecule has 3 rings (SSSR count). The second-order valence-corrected chi connectivity index (χ2v) is 5.49. The number of nitro groups is 1. The van der Waals surface area contributed by atoms with E-state index in [1.54, 1.807) is 12.1 Å². The van der Waals surface area contributed by atoms with Crippen LogP contribution in [0.3, 0.4) is 0 Å². The lowest BCUT2D eigenvalue weighted by Gasteiger charge is -2.29. The molecule has 0 aromatic heterocycles. The number of nitro benzene ring substituents is 1. The highest BCUT2D eigenvalue weighted by atomic mass is 16.6. The van der Waals surface area contributed by atoms with Crippen LogP contribution in [-0.2, 0) is 17.8 Å². The second kappa shape index (κ2) is 6.48. The highest BCUT2D eigenvalue weighted by Gasteiger charge is 2.20. The first-order valence-electron chi connectivity index (χ1n) is 7.46. The highest BCUT2D eigenvalue weighted by molar-refractivity contribution is 5.81. The summed E-state index contributed by atoms with van der Waals surface area (Å²) in [5.41, 5.74) is 3.06. The van der Waals surface area contributed by atoms with Crippen molar-refractivity contribution in [3.8, 4) is 0 Å². The maximum atomic E-state index is 12.3. The number of carbonyl (C=O) groups excluding carboxylic acids is 1. The van der Waals surface area contributed by atoms with Crippen LogP contribution in [0.25, 0.3) is 0 Å². The summed E-state index contributed by atoms with van der Waals surface area (Å²) in [7, 11) is 0. The Labute approximate surface area is 133 Å². The lowest BCUT2D eigenvalue weighted by molar-refractivity contribution is -0.384. The maximum Gasteiger partial charge on any atom is 0.271 e. The predicted molar refractivity (Wildman–Crippen MR) is 87.1 cm³/mol. The van der Waals surface area contributed by atoms with Crippen molar-refractivity contribution < 1.29 is 9.72 Å². The fourth-order valence-electron chi connectivity index (χ4n) is 2.73. The molecule has 0 atom stereocenters. The van der Waals surface area contributed by atoms with Crippen molar-refractivity contribution in [1.82, 2.24) is 4.90 Å². The summed E-state index contributed by atoms with van der Waals surface area (Å²) in [5.74, 6) is -0.00832. The Morgan fingerprint density at radius 2 is 1.96 bits per heavy atom. The minimum absolute atomic E-state index is 0.00832. The van der Waals surface area contributed by atoms with Crippen LogP contribution < -0.4 is 5.32 Å². The van der Waals surface area contributed by atoms with Gasteiger partial charge in [0.05, 0.1) is 11.5 Å². The van der Waals surface area contributed by atoms with Gasteiger partial charge in [-0.15, -0.1) is 0 Å². The molecule has 6 nitrogen and oxygen atoms in total. The van der Waals surface area contributed by atoms with E-state index in [1.807, 2.05) is 23.1 Å². The molecule has 0 unspecified atom stereocenters. The van der Waals surface area contributed by atoms with Gasteiger partial charge in [-0.05, 0) is 23.6 Å². The third-order valence-corrected chi connectivity index (χ3v) is 3.98. The van der Waals surface area contributed by atoms with Crippen LogP contribution >= 0.6 is 0 Å². The smallest absolute Gasteiger partial charge is 0.271 e. The first kappa shape index (κ1) is 15.0. The third-order valence-electron chi connectivity index (χ3n) is 3.98. The molecule has 1 aliphatic rings. The van der Waals surface area contributed by atoms with Gasteiger partial charge in [0.2, 0.25) is 5.91 Å². The van der Waals surface area contributed by atoms with Crippen LogP contribution in [0.4, 0.5) is 11.4 Å². The molecule has 1 heterocycles. The quantitative estimate of drug-likeness (QED) is 0.695. The fourth-order valence-corrected chi connectivity index (χ4v) is 2.73. The molecule has 0 aliphatic carbocycles. The SMILES string of the molecule is O=C(CNc1cccc([N+](=O)[O-])c1)N1CCc2ccccc2C1. The number of hydrogen-bond acceptors (Lipinski definition) is 4. The average Bonchev–Trinajstić information content (AvgIpc) is 2.59. The summed E-state index contributed by atoms with van der Waals surface area (Å²) in [6.07, 6.45) is 0.860. The van der Waals surface area contributed by atoms with Gasteiger partial charge in [0.25, 0.3) is 5.69 Å². The molecule has 0 saturated heterocycles. The number of hydrogen-bond donors (Lipinski definition) is 1. The Kier molecular flexibility index (Phi) is 4.23. The second-order valence-electron chi connectivity index (χ2n) is 5.49. The standard InChI is InChI=1S/C17H17N3O3/c21-17(11-18-15-6-3-7-16(10-15)20(22)23)19-9-8-13-4-1-2-5-14(13)12-19/h1-7,10,18H,8-9,11-12H2. The molecule has 2 aromatic carbocycles. The predicted octanol–water partition coefficient (Wildman–Crippen LogP) is 2.59. The Hall–Kier alpha value is -2.89. The van der Waals surface area contributed by atoms with Crippen LogP contribution in [0.1, 0.15) is 11.1 Å². The molecule has 2 aromatic rings. The number of fused-ring (bicyclic) bond motifs is 1. The zero-order valence-electron chi connectivity index (χ0n) is 12.6. The van der Waals surface area contributed by atoms with Gasteiger partial charge in [0, 0.05) is 30.9 Å². The van der Waals surface area contributed by atoms with Gasteiger partial charge >= 0.3 is 0 Å². The number of nitrogens with one attached hydrogen (secondary N) is 1. The summed E-state index contributed by atoms with van der Waals surface area (Å²) in [6, 6.07) is 14.3. The van der Waals surface area contributed by atoms with Crippen molar-refractivity contribution in [3.63, 3.8) is 0 Å². The monoisotopic (exact) mass is 311 g/mol. The summed E-state index contributed by atoms with van der Waals surface area (Å²) < 4.78 is 0. The van der Waals surface area contributed by atoms with E-state index in [1.165, 1.54) is 23.3 Å². The average molecular weight is 311 g/mol. The largest absolute Gasteiger partial charge is 0.376 e. The van der Waals surface area contributed by atoms with Crippen LogP contribution in [0, 0.1) is 10.1 Å². The van der Waals surface area contributed by atoms with Crippen LogP contribution in [0.15, 0.2) is 48.5 Å². The normalized spacial score (nSPS) is 13.3. The Morgan fingerprint density at radius 3 is 2.74 bits per heavy atom. The summed E-state index contributed by atoms with van der Waals surface area (Å²) in [4.78, 5) is 24.5. The topological polar surface area (TPSA) is 75.5 Å². The zero-order valence-corrected chi connectivity index (χ0v) is 12.6. The van der Waals surface area contributed by atoms with E-state index in [2.05, 4.69) is 11.4 Å². The van der Waals surface area contributed by atoms with Gasteiger partial charge in [-0.1, -0.05) is 30.3 Å². The fraction of sp³-hybridized carbons (Fsp3) is 0.235. The summed E-state index contributed by atoms with van der Waals surface area (Å²) in [5, 5.41) is 13.7. The molecule has 1 N–H and O–H groups in total. The van der Waals surface area contributed by atoms with Gasteiger partial charge in [0.15, 0.2) is 0 Å². The molecular formula is C17H17N3O3. The minimum atomic E-state index is -0.450. The first-order valence-corrected chi connectivity index (χ1v) is 7.46. The minimum Gasteiger partial charge on any atom is -0.376 e. The van der Waals surface area contributed by atoms with Crippen molar-refractivity contribution in [1.29, 1.82) is 0 Å². The molecule has 118 valence electrons. The van der Waals surface area contributed by atoms with Crippen molar-refractivity contribution in [2.75, 3.05) is 18.4 Å². The van der Waals surface area contributed by atoms with E-state index < -0.39 is 4.92 Å². The van der Waals surface area contributed by atoms with Gasteiger partial charge in [-0.3, -0.25) is 14.9 Å². The number of amides is 1.